The molecule has 1 atom stereocenters. The third-order valence-corrected chi connectivity index (χ3v) is 3.59. The molecular formula is C17H14ClFO4. The van der Waals surface area contributed by atoms with Crippen LogP contribution in [0, 0.1) is 0 Å². The van der Waals surface area contributed by atoms with Crippen LogP contribution in [-0.4, -0.2) is 24.0 Å². The topological polar surface area (TPSA) is 63.6 Å². The van der Waals surface area contributed by atoms with E-state index in [1.54, 1.807) is 12.1 Å². The molecule has 0 aliphatic rings. The van der Waals surface area contributed by atoms with Gasteiger partial charge < -0.3 is 9.84 Å². The molecule has 0 radical (unpaired) electrons. The van der Waals surface area contributed by atoms with E-state index in [9.17, 15) is 14.0 Å². The highest BCUT2D eigenvalue weighted by Gasteiger charge is 2.19. The lowest BCUT2D eigenvalue weighted by molar-refractivity contribution is -0.00760. The first-order valence-electron chi connectivity index (χ1n) is 6.69. The Morgan fingerprint density at radius 2 is 1.87 bits per heavy atom. The van der Waals surface area contributed by atoms with Gasteiger partial charge in [0.2, 0.25) is 6.36 Å². The average molecular weight is 337 g/mol. The molecule has 6 heteroatoms. The van der Waals surface area contributed by atoms with Gasteiger partial charge in [0.15, 0.2) is 5.78 Å². The lowest BCUT2D eigenvalue weighted by atomic mass is 9.97. The van der Waals surface area contributed by atoms with Gasteiger partial charge in [-0.3, -0.25) is 4.79 Å². The number of ether oxygens (including phenoxy) is 1. The third kappa shape index (κ3) is 3.75. The van der Waals surface area contributed by atoms with E-state index in [4.69, 9.17) is 16.7 Å². The van der Waals surface area contributed by atoms with Crippen molar-refractivity contribution in [2.75, 3.05) is 7.11 Å². The Morgan fingerprint density at radius 3 is 2.43 bits per heavy atom. The van der Waals surface area contributed by atoms with Gasteiger partial charge in [0.25, 0.3) is 0 Å². The summed E-state index contributed by atoms with van der Waals surface area (Å²) in [5, 5.41) is 9.51. The Kier molecular flexibility index (Phi) is 5.13. The van der Waals surface area contributed by atoms with E-state index in [1.807, 2.05) is 0 Å². The maximum atomic E-state index is 13.9. The smallest absolute Gasteiger partial charge is 0.336 e. The van der Waals surface area contributed by atoms with Gasteiger partial charge in [-0.25, -0.2) is 9.18 Å². The van der Waals surface area contributed by atoms with E-state index in [0.29, 0.717) is 21.7 Å². The van der Waals surface area contributed by atoms with Gasteiger partial charge in [-0.1, -0.05) is 17.7 Å². The van der Waals surface area contributed by atoms with Crippen molar-refractivity contribution in [2.24, 2.45) is 0 Å². The molecule has 2 aromatic rings. The molecule has 0 saturated carbocycles. The summed E-state index contributed by atoms with van der Waals surface area (Å²) >= 11 is 6.01. The van der Waals surface area contributed by atoms with E-state index in [-0.39, 0.29) is 16.9 Å². The van der Waals surface area contributed by atoms with Crippen LogP contribution in [0.4, 0.5) is 4.39 Å². The van der Waals surface area contributed by atoms with Gasteiger partial charge in [-0.2, -0.15) is 0 Å². The maximum Gasteiger partial charge on any atom is 0.336 e. The van der Waals surface area contributed by atoms with Crippen molar-refractivity contribution in [3.05, 3.63) is 58.1 Å². The minimum absolute atomic E-state index is 0.0955. The van der Waals surface area contributed by atoms with Gasteiger partial charge in [-0.05, 0) is 48.4 Å². The predicted molar refractivity (Wildman–Crippen MR) is 84.7 cm³/mol. The van der Waals surface area contributed by atoms with E-state index in [2.05, 4.69) is 4.74 Å². The summed E-state index contributed by atoms with van der Waals surface area (Å²) in [7, 11) is 1.15. The molecule has 4 nitrogen and oxygen atoms in total. The van der Waals surface area contributed by atoms with Crippen LogP contribution in [0.5, 0.6) is 0 Å². The number of benzene rings is 2. The van der Waals surface area contributed by atoms with Crippen molar-refractivity contribution in [3.63, 3.8) is 0 Å². The number of hydrogen-bond donors (Lipinski definition) is 1. The van der Waals surface area contributed by atoms with Crippen molar-refractivity contribution >= 4 is 23.4 Å². The molecule has 0 aliphatic carbocycles. The summed E-state index contributed by atoms with van der Waals surface area (Å²) < 4.78 is 18.5. The van der Waals surface area contributed by atoms with E-state index < -0.39 is 12.3 Å². The van der Waals surface area contributed by atoms with Crippen LogP contribution >= 0.6 is 11.6 Å². The molecule has 0 saturated heterocycles. The van der Waals surface area contributed by atoms with Gasteiger partial charge in [0, 0.05) is 23.3 Å². The number of carbonyl (C=O) groups is 2. The zero-order valence-corrected chi connectivity index (χ0v) is 13.2. The number of carbonyl (C=O) groups excluding carboxylic acids is 1. The second-order valence-corrected chi connectivity index (χ2v) is 5.38. The number of halogens is 2. The Balaban J connectivity index is 2.61. The minimum Gasteiger partial charge on any atom is -0.478 e. The van der Waals surface area contributed by atoms with E-state index in [0.717, 1.165) is 7.11 Å². The van der Waals surface area contributed by atoms with Crippen LogP contribution in [0.1, 0.15) is 39.6 Å². The normalized spacial score (nSPS) is 12.0. The number of methoxy groups -OCH3 is 1. The zero-order chi connectivity index (χ0) is 17.1. The summed E-state index contributed by atoms with van der Waals surface area (Å²) in [5.41, 5.74) is 1.26. The first-order valence-corrected chi connectivity index (χ1v) is 7.07. The number of Topliss-reactive ketones (excluding diaryl/α,β-unsaturated/α-hetero) is 1. The first kappa shape index (κ1) is 17.1. The molecule has 0 fully saturated rings. The summed E-state index contributed by atoms with van der Waals surface area (Å²) in [5.74, 6) is -1.40. The summed E-state index contributed by atoms with van der Waals surface area (Å²) in [6.07, 6.45) is -1.87. The largest absolute Gasteiger partial charge is 0.478 e. The highest BCUT2D eigenvalue weighted by atomic mass is 35.5. The lowest BCUT2D eigenvalue weighted by Crippen LogP contribution is -2.06. The lowest BCUT2D eigenvalue weighted by Gasteiger charge is -2.13. The van der Waals surface area contributed by atoms with Gasteiger partial charge in [0.1, 0.15) is 0 Å². The number of alkyl halides is 1. The van der Waals surface area contributed by atoms with Crippen molar-refractivity contribution < 1.29 is 23.8 Å². The Morgan fingerprint density at radius 1 is 1.17 bits per heavy atom. The fourth-order valence-electron chi connectivity index (χ4n) is 2.21. The van der Waals surface area contributed by atoms with Crippen LogP contribution < -0.4 is 0 Å². The summed E-state index contributed by atoms with van der Waals surface area (Å²) in [6, 6.07) is 8.99. The molecule has 1 N–H and O–H groups in total. The predicted octanol–water partition coefficient (Wildman–Crippen LogP) is 4.52. The Bertz CT molecular complexity index is 773. The fourth-order valence-corrected chi connectivity index (χ4v) is 2.45. The first-order chi connectivity index (χ1) is 10.8. The Hall–Kier alpha value is -2.24. The molecule has 120 valence electrons. The van der Waals surface area contributed by atoms with Crippen LogP contribution in [0.2, 0.25) is 5.02 Å². The van der Waals surface area contributed by atoms with E-state index >= 15 is 0 Å². The molecule has 2 rings (SSSR count). The maximum absolute atomic E-state index is 13.9. The highest BCUT2D eigenvalue weighted by Crippen LogP contribution is 2.30. The number of carboxylic acid groups (broad SMARTS) is 1. The second kappa shape index (κ2) is 6.89. The van der Waals surface area contributed by atoms with Crippen LogP contribution in [0.15, 0.2) is 36.4 Å². The van der Waals surface area contributed by atoms with Crippen molar-refractivity contribution in [1.29, 1.82) is 0 Å². The number of aromatic carboxylic acids is 1. The average Bonchev–Trinajstić information content (AvgIpc) is 2.52. The molecule has 0 aromatic heterocycles. The molecule has 0 spiro atoms. The van der Waals surface area contributed by atoms with Crippen LogP contribution in [0.25, 0.3) is 11.1 Å². The van der Waals surface area contributed by atoms with Gasteiger partial charge in [-0.15, -0.1) is 0 Å². The summed E-state index contributed by atoms with van der Waals surface area (Å²) in [6.45, 7) is 1.41. The number of hydrogen-bond acceptors (Lipinski definition) is 3. The molecule has 0 heterocycles. The van der Waals surface area contributed by atoms with Crippen molar-refractivity contribution in [1.82, 2.24) is 0 Å². The SMILES string of the molecule is COC(F)c1cc(-c2cc(Cl)cc(C(C)=O)c2)ccc1C(=O)O. The second-order valence-electron chi connectivity index (χ2n) is 4.94. The quantitative estimate of drug-likeness (QED) is 0.815. The monoisotopic (exact) mass is 336 g/mol. The van der Waals surface area contributed by atoms with Crippen molar-refractivity contribution in [2.45, 2.75) is 13.3 Å². The van der Waals surface area contributed by atoms with Crippen LogP contribution in [0.3, 0.4) is 0 Å². The molecule has 23 heavy (non-hydrogen) atoms. The van der Waals surface area contributed by atoms with E-state index in [1.165, 1.54) is 31.2 Å². The Labute approximate surface area is 137 Å². The number of rotatable bonds is 5. The zero-order valence-electron chi connectivity index (χ0n) is 12.5. The number of ketones is 1. The summed E-state index contributed by atoms with van der Waals surface area (Å²) in [4.78, 5) is 22.7. The highest BCUT2D eigenvalue weighted by molar-refractivity contribution is 6.31. The standard InChI is InChI=1S/C17H14ClFO4/c1-9(20)11-5-12(7-13(18)6-11)10-3-4-14(17(21)22)15(8-10)16(19)23-2/h3-8,16H,1-2H3,(H,21,22). The molecule has 1 unspecified atom stereocenters. The molecule has 0 aliphatic heterocycles. The molecule has 2 aromatic carbocycles. The molecule has 0 bridgehead atoms. The third-order valence-electron chi connectivity index (χ3n) is 3.37. The molecular weight excluding hydrogens is 323 g/mol. The van der Waals surface area contributed by atoms with Crippen LogP contribution in [-0.2, 0) is 4.74 Å². The van der Waals surface area contributed by atoms with Crippen molar-refractivity contribution in [3.8, 4) is 11.1 Å². The van der Waals surface area contributed by atoms with Gasteiger partial charge >= 0.3 is 5.97 Å². The minimum atomic E-state index is -1.87. The molecule has 0 amide bonds. The number of carboxylic acids is 1. The van der Waals surface area contributed by atoms with Gasteiger partial charge in [0.05, 0.1) is 5.56 Å². The fraction of sp³-hybridized carbons (Fsp3) is 0.176.